The molecule has 0 bridgehead atoms. The van der Waals surface area contributed by atoms with Crippen molar-refractivity contribution in [1.82, 2.24) is 15.5 Å². The van der Waals surface area contributed by atoms with Gasteiger partial charge in [0.15, 0.2) is 17.4 Å². The molecule has 0 saturated heterocycles. The van der Waals surface area contributed by atoms with Crippen LogP contribution in [0.3, 0.4) is 0 Å². The molecule has 2 heterocycles. The predicted octanol–water partition coefficient (Wildman–Crippen LogP) is 10.4. The minimum Gasteiger partial charge on any atom is -0.457 e. The van der Waals surface area contributed by atoms with Gasteiger partial charge in [-0.3, -0.25) is 4.55 Å². The Morgan fingerprint density at radius 2 is 1.56 bits per heavy atom. The minimum atomic E-state index is -4.02. The number of unbranched alkanes of at least 4 members (excludes halogenated alkanes) is 1. The zero-order valence-electron chi connectivity index (χ0n) is 38.5. The first-order valence-corrected chi connectivity index (χ1v) is 24.9. The van der Waals surface area contributed by atoms with Gasteiger partial charge in [-0.15, -0.1) is 0 Å². The van der Waals surface area contributed by atoms with Gasteiger partial charge in [0.25, 0.3) is 10.1 Å². The Morgan fingerprint density at radius 3 is 2.33 bits per heavy atom. The van der Waals surface area contributed by atoms with Crippen molar-refractivity contribution >= 4 is 55.3 Å². The number of fused-ring (bicyclic) bond motifs is 4. The van der Waals surface area contributed by atoms with Crippen LogP contribution in [0.15, 0.2) is 138 Å². The van der Waals surface area contributed by atoms with E-state index in [1.54, 1.807) is 0 Å². The van der Waals surface area contributed by atoms with E-state index in [0.29, 0.717) is 24.5 Å². The second-order valence-corrected chi connectivity index (χ2v) is 20.5. The van der Waals surface area contributed by atoms with Gasteiger partial charge in [-0.25, -0.2) is 0 Å². The van der Waals surface area contributed by atoms with Crippen LogP contribution in [0.4, 0.5) is 11.4 Å². The number of ether oxygens (including phenoxy) is 1. The molecule has 0 unspecified atom stereocenters. The van der Waals surface area contributed by atoms with Crippen LogP contribution in [-0.4, -0.2) is 85.8 Å². The van der Waals surface area contributed by atoms with E-state index >= 15 is 0 Å². The largest absolute Gasteiger partial charge is 0.457 e. The van der Waals surface area contributed by atoms with Crippen LogP contribution in [-0.2, 0) is 20.9 Å². The molecule has 1 aliphatic carbocycles. The average Bonchev–Trinajstić information content (AvgIpc) is 3.62. The first kappa shape index (κ1) is 46.9. The summed E-state index contributed by atoms with van der Waals surface area (Å²) >= 11 is 5.63. The van der Waals surface area contributed by atoms with E-state index in [1.165, 1.54) is 33.3 Å². The van der Waals surface area contributed by atoms with E-state index < -0.39 is 10.1 Å². The fourth-order valence-corrected chi connectivity index (χ4v) is 10.4. The molecule has 0 aromatic heterocycles. The van der Waals surface area contributed by atoms with Crippen molar-refractivity contribution in [2.45, 2.75) is 83.5 Å². The molecule has 4 aromatic carbocycles. The zero-order valence-corrected chi connectivity index (χ0v) is 40.1. The van der Waals surface area contributed by atoms with Crippen LogP contribution in [0.25, 0.3) is 10.8 Å². The van der Waals surface area contributed by atoms with Gasteiger partial charge in [0.1, 0.15) is 11.5 Å². The van der Waals surface area contributed by atoms with Crippen molar-refractivity contribution in [1.29, 1.82) is 0 Å². The summed E-state index contributed by atoms with van der Waals surface area (Å²) in [6.07, 6.45) is 14.8. The standard InChI is InChI=1S/C53H65N5O4S2/c1-52(2)44-25-12-13-26-45(44)57(36-14-15-38-64(59,60)61)47(52)31-28-40-20-16-21-41(50(40)62-42-22-8-7-9-23-42)29-32-48-53(3,4)49-43-24-11-10-19-39(43)27-30-46(49)58(48)37-18-34-55-51(63)54-33-17-35-56(5)6/h7-13,19,22-32H,14-18,20-21,33-38H2,1-6H3,(H2-,54,55,59,60,61,63)/p+1. The normalized spacial score (nSPS) is 18.2. The van der Waals surface area contributed by atoms with Crippen LogP contribution in [0.1, 0.15) is 83.8 Å². The maximum atomic E-state index is 11.5. The van der Waals surface area contributed by atoms with E-state index in [-0.39, 0.29) is 16.6 Å². The lowest BCUT2D eigenvalue weighted by atomic mass is 9.78. The van der Waals surface area contributed by atoms with Gasteiger partial charge in [0.2, 0.25) is 5.69 Å². The Hall–Kier alpha value is -5.07. The molecule has 0 amide bonds. The Balaban J connectivity index is 1.23. The van der Waals surface area contributed by atoms with Gasteiger partial charge >= 0.3 is 0 Å². The van der Waals surface area contributed by atoms with Crippen molar-refractivity contribution < 1.29 is 22.3 Å². The second kappa shape index (κ2) is 20.4. The van der Waals surface area contributed by atoms with Crippen LogP contribution in [0.2, 0.25) is 0 Å². The number of allylic oxidation sites excluding steroid dienone is 7. The Labute approximate surface area is 387 Å². The Bertz CT molecular complexity index is 2610. The quantitative estimate of drug-likeness (QED) is 0.0390. The number of thiocarbonyl (C=S) groups is 1. The first-order valence-electron chi connectivity index (χ1n) is 22.9. The molecule has 0 atom stereocenters. The van der Waals surface area contributed by atoms with Gasteiger partial charge in [0, 0.05) is 60.6 Å². The summed E-state index contributed by atoms with van der Waals surface area (Å²) < 4.78 is 41.9. The molecule has 0 spiro atoms. The van der Waals surface area contributed by atoms with E-state index in [1.807, 2.05) is 30.3 Å². The number of hydrogen-bond donors (Lipinski definition) is 3. The highest BCUT2D eigenvalue weighted by Crippen LogP contribution is 2.48. The lowest BCUT2D eigenvalue weighted by molar-refractivity contribution is -0.437. The SMILES string of the molecule is CN(C)CCCNC(=S)NCCC[N+]1=C(/C=C/C2=C(Oc3ccccc3)C(=C/C=C3/N(CCCCS(=O)(=O)O)c4ccccc4C3(C)C)/CCC2)C(C)(C)c2c1ccc1ccccc21. The fraction of sp³-hybridized carbons (Fsp3) is 0.396. The predicted molar refractivity (Wildman–Crippen MR) is 269 cm³/mol. The number of anilines is 1. The molecule has 64 heavy (non-hydrogen) atoms. The van der Waals surface area contributed by atoms with E-state index in [4.69, 9.17) is 17.0 Å². The molecular formula is C53H66N5O4S2+. The van der Waals surface area contributed by atoms with Crippen LogP contribution < -0.4 is 20.3 Å². The third-order valence-corrected chi connectivity index (χ3v) is 13.9. The lowest BCUT2D eigenvalue weighted by Crippen LogP contribution is -2.37. The molecule has 4 aromatic rings. The van der Waals surface area contributed by atoms with E-state index in [9.17, 15) is 13.0 Å². The zero-order chi connectivity index (χ0) is 45.5. The summed E-state index contributed by atoms with van der Waals surface area (Å²) in [4.78, 5) is 4.51. The van der Waals surface area contributed by atoms with Crippen LogP contribution in [0, 0.1) is 0 Å². The summed E-state index contributed by atoms with van der Waals surface area (Å²) in [7, 11) is 0.160. The second-order valence-electron chi connectivity index (χ2n) is 18.5. The summed E-state index contributed by atoms with van der Waals surface area (Å²) in [5, 5.41) is 10.0. The maximum absolute atomic E-state index is 11.5. The molecule has 7 rings (SSSR count). The molecule has 9 nitrogen and oxygen atoms in total. The summed E-state index contributed by atoms with van der Waals surface area (Å²) in [6.45, 7) is 13.3. The van der Waals surface area contributed by atoms with Crippen molar-refractivity contribution in [3.05, 3.63) is 149 Å². The molecular weight excluding hydrogens is 835 g/mol. The van der Waals surface area contributed by atoms with Crippen LogP contribution >= 0.6 is 12.2 Å². The third kappa shape index (κ3) is 10.9. The molecule has 0 saturated carbocycles. The lowest BCUT2D eigenvalue weighted by Gasteiger charge is -2.27. The van der Waals surface area contributed by atoms with Crippen LogP contribution in [0.5, 0.6) is 5.75 Å². The van der Waals surface area contributed by atoms with Crippen molar-refractivity contribution in [3.63, 3.8) is 0 Å². The van der Waals surface area contributed by atoms with Gasteiger partial charge in [-0.05, 0) is 149 Å². The summed E-state index contributed by atoms with van der Waals surface area (Å²) in [6, 6.07) is 31.8. The van der Waals surface area contributed by atoms with Gasteiger partial charge in [-0.2, -0.15) is 13.0 Å². The molecule has 3 aliphatic rings. The highest BCUT2D eigenvalue weighted by Gasteiger charge is 2.45. The van der Waals surface area contributed by atoms with Gasteiger partial charge in [-0.1, -0.05) is 80.6 Å². The summed E-state index contributed by atoms with van der Waals surface area (Å²) in [5.74, 6) is 1.44. The van der Waals surface area contributed by atoms with Gasteiger partial charge < -0.3 is 25.2 Å². The van der Waals surface area contributed by atoms with E-state index in [0.717, 1.165) is 92.3 Å². The number of nitrogens with zero attached hydrogens (tertiary/aromatic N) is 3. The smallest absolute Gasteiger partial charge is 0.264 e. The number of rotatable bonds is 18. The van der Waals surface area contributed by atoms with Crippen molar-refractivity contribution in [2.24, 2.45) is 0 Å². The van der Waals surface area contributed by atoms with Crippen molar-refractivity contribution in [2.75, 3.05) is 57.5 Å². The summed E-state index contributed by atoms with van der Waals surface area (Å²) in [5.41, 5.74) is 9.12. The Morgan fingerprint density at radius 1 is 0.844 bits per heavy atom. The maximum Gasteiger partial charge on any atom is 0.264 e. The molecule has 0 radical (unpaired) electrons. The third-order valence-electron chi connectivity index (χ3n) is 12.8. The van der Waals surface area contributed by atoms with Gasteiger partial charge in [0.05, 0.1) is 11.2 Å². The topological polar surface area (TPSA) is 97.1 Å². The molecule has 11 heteroatoms. The molecule has 0 fully saturated rings. The Kier molecular flexibility index (Phi) is 15.0. The van der Waals surface area contributed by atoms with Crippen molar-refractivity contribution in [3.8, 4) is 5.75 Å². The highest BCUT2D eigenvalue weighted by molar-refractivity contribution is 7.85. The number of benzene rings is 4. The molecule has 338 valence electrons. The first-order chi connectivity index (χ1) is 30.6. The minimum absolute atomic E-state index is 0.242. The average molecular weight is 901 g/mol. The van der Waals surface area contributed by atoms with E-state index in [2.05, 4.69) is 152 Å². The molecule has 2 aliphatic heterocycles. The number of para-hydroxylation sites is 2. The highest BCUT2D eigenvalue weighted by atomic mass is 32.2. The monoisotopic (exact) mass is 900 g/mol. The molecule has 3 N–H and O–H groups in total. The number of nitrogens with one attached hydrogen (secondary N) is 2. The fourth-order valence-electron chi connectivity index (χ4n) is 9.63. The number of hydrogen-bond acceptors (Lipinski definition) is 6.